The van der Waals surface area contributed by atoms with Gasteiger partial charge < -0.3 is 9.67 Å². The molecule has 0 atom stereocenters. The highest BCUT2D eigenvalue weighted by Crippen LogP contribution is 2.31. The number of hydrogen-bond donors (Lipinski definition) is 1. The highest BCUT2D eigenvalue weighted by molar-refractivity contribution is 6.42. The van der Waals surface area contributed by atoms with Gasteiger partial charge in [-0.15, -0.1) is 0 Å². The Labute approximate surface area is 170 Å². The van der Waals surface area contributed by atoms with Crippen LogP contribution in [0.25, 0.3) is 16.9 Å². The van der Waals surface area contributed by atoms with E-state index in [1.165, 1.54) is 23.0 Å². The highest BCUT2D eigenvalue weighted by atomic mass is 35.5. The minimum Gasteiger partial charge on any atom is -0.477 e. The molecule has 2 aromatic heterocycles. The van der Waals surface area contributed by atoms with Crippen LogP contribution in [0.3, 0.4) is 0 Å². The summed E-state index contributed by atoms with van der Waals surface area (Å²) in [6.45, 7) is 3.92. The second-order valence-corrected chi connectivity index (χ2v) is 6.74. The summed E-state index contributed by atoms with van der Waals surface area (Å²) < 4.78 is 2.93. The average Bonchev–Trinajstić information content (AvgIpc) is 3.12. The minimum absolute atomic E-state index is 0.0737. The van der Waals surface area contributed by atoms with Gasteiger partial charge in [-0.3, -0.25) is 4.79 Å². The van der Waals surface area contributed by atoms with Crippen LogP contribution >= 0.6 is 23.2 Å². The number of aromatic nitrogens is 3. The van der Waals surface area contributed by atoms with Crippen LogP contribution in [-0.2, 0) is 6.54 Å². The Morgan fingerprint density at radius 1 is 1.29 bits per heavy atom. The number of nitriles is 1. The molecule has 3 aromatic rings. The smallest absolute Gasteiger partial charge is 0.341 e. The van der Waals surface area contributed by atoms with Crippen LogP contribution in [0.1, 0.15) is 28.7 Å². The van der Waals surface area contributed by atoms with Crippen molar-refractivity contribution < 1.29 is 9.90 Å². The predicted octanol–water partition coefficient (Wildman–Crippen LogP) is 3.91. The molecule has 0 unspecified atom stereocenters. The van der Waals surface area contributed by atoms with Gasteiger partial charge in [0.2, 0.25) is 5.43 Å². The van der Waals surface area contributed by atoms with E-state index in [1.807, 2.05) is 13.0 Å². The molecule has 0 saturated carbocycles. The van der Waals surface area contributed by atoms with Crippen LogP contribution < -0.4 is 5.43 Å². The lowest BCUT2D eigenvalue weighted by molar-refractivity contribution is 0.0695. The third-order valence-electron chi connectivity index (χ3n) is 4.35. The van der Waals surface area contributed by atoms with E-state index in [2.05, 4.69) is 5.10 Å². The van der Waals surface area contributed by atoms with E-state index in [9.17, 15) is 14.7 Å². The van der Waals surface area contributed by atoms with Crippen molar-refractivity contribution in [1.82, 2.24) is 14.3 Å². The van der Waals surface area contributed by atoms with Crippen LogP contribution in [0.15, 0.2) is 35.3 Å². The molecule has 0 saturated heterocycles. The first-order valence-electron chi connectivity index (χ1n) is 8.22. The molecule has 3 rings (SSSR count). The van der Waals surface area contributed by atoms with Gasteiger partial charge in [0.05, 0.1) is 15.7 Å². The summed E-state index contributed by atoms with van der Waals surface area (Å²) in [5, 5.41) is 23.4. The zero-order valence-electron chi connectivity index (χ0n) is 14.9. The Morgan fingerprint density at radius 2 is 2.00 bits per heavy atom. The molecule has 0 aliphatic heterocycles. The van der Waals surface area contributed by atoms with E-state index in [-0.39, 0.29) is 22.1 Å². The molecule has 1 N–H and O–H groups in total. The number of halogens is 2. The number of rotatable bonds is 4. The summed E-state index contributed by atoms with van der Waals surface area (Å²) in [6, 6.07) is 8.02. The number of hydrogen-bond acceptors (Lipinski definition) is 4. The zero-order chi connectivity index (χ0) is 20.6. The number of nitrogens with zero attached hydrogens (tertiary/aromatic N) is 4. The SMILES string of the molecule is CCn1c(C)c(-n2ccc(C#N)n2)c(=O)c(C(=O)O)c1-c1ccc(Cl)c(Cl)c1. The number of carboxylic acids is 1. The third kappa shape index (κ3) is 3.17. The summed E-state index contributed by atoms with van der Waals surface area (Å²) in [6.07, 6.45) is 1.45. The first-order chi connectivity index (χ1) is 13.3. The lowest BCUT2D eigenvalue weighted by Gasteiger charge is -2.21. The molecule has 28 heavy (non-hydrogen) atoms. The van der Waals surface area contributed by atoms with Gasteiger partial charge in [-0.25, -0.2) is 9.48 Å². The molecule has 0 aliphatic carbocycles. The number of benzene rings is 1. The van der Waals surface area contributed by atoms with Crippen molar-refractivity contribution in [3.63, 3.8) is 0 Å². The van der Waals surface area contributed by atoms with Crippen molar-refractivity contribution in [3.8, 4) is 23.0 Å². The molecular formula is C19H14Cl2N4O3. The molecule has 2 heterocycles. The number of pyridine rings is 1. The fourth-order valence-electron chi connectivity index (χ4n) is 3.14. The monoisotopic (exact) mass is 416 g/mol. The van der Waals surface area contributed by atoms with Gasteiger partial charge >= 0.3 is 5.97 Å². The van der Waals surface area contributed by atoms with Crippen molar-refractivity contribution in [2.24, 2.45) is 0 Å². The molecule has 0 amide bonds. The molecule has 0 aliphatic rings. The molecule has 1 aromatic carbocycles. The molecular weight excluding hydrogens is 403 g/mol. The first kappa shape index (κ1) is 19.7. The number of carbonyl (C=O) groups is 1. The van der Waals surface area contributed by atoms with E-state index in [0.29, 0.717) is 22.8 Å². The van der Waals surface area contributed by atoms with E-state index >= 15 is 0 Å². The van der Waals surface area contributed by atoms with Gasteiger partial charge in [0, 0.05) is 24.0 Å². The second kappa shape index (κ2) is 7.50. The molecule has 142 valence electrons. The van der Waals surface area contributed by atoms with E-state index in [0.717, 1.165) is 0 Å². The Hall–Kier alpha value is -3.08. The first-order valence-corrected chi connectivity index (χ1v) is 8.98. The maximum absolute atomic E-state index is 13.1. The summed E-state index contributed by atoms with van der Waals surface area (Å²) in [7, 11) is 0. The average molecular weight is 417 g/mol. The van der Waals surface area contributed by atoms with Gasteiger partial charge in [-0.1, -0.05) is 29.3 Å². The number of carboxylic acid groups (broad SMARTS) is 1. The Balaban J connectivity index is 2.44. The Bertz CT molecular complexity index is 1210. The number of aromatic carboxylic acids is 1. The maximum atomic E-state index is 13.1. The van der Waals surface area contributed by atoms with Gasteiger partial charge in [0.1, 0.15) is 17.3 Å². The van der Waals surface area contributed by atoms with Crippen molar-refractivity contribution in [3.05, 3.63) is 67.7 Å². The van der Waals surface area contributed by atoms with Crippen LogP contribution in [-0.4, -0.2) is 25.4 Å². The lowest BCUT2D eigenvalue weighted by Crippen LogP contribution is -2.28. The molecule has 9 heteroatoms. The quantitative estimate of drug-likeness (QED) is 0.694. The molecule has 0 fully saturated rings. The van der Waals surface area contributed by atoms with Gasteiger partial charge in [0.25, 0.3) is 0 Å². The summed E-state index contributed by atoms with van der Waals surface area (Å²) in [5.41, 5.74) is 0.271. The van der Waals surface area contributed by atoms with Gasteiger partial charge in [-0.2, -0.15) is 10.4 Å². The topological polar surface area (TPSA) is 101 Å². The molecule has 7 nitrogen and oxygen atoms in total. The van der Waals surface area contributed by atoms with Gasteiger partial charge in [0.15, 0.2) is 5.69 Å². The van der Waals surface area contributed by atoms with Crippen LogP contribution in [0, 0.1) is 18.3 Å². The zero-order valence-corrected chi connectivity index (χ0v) is 16.4. The fourth-order valence-corrected chi connectivity index (χ4v) is 3.43. The van der Waals surface area contributed by atoms with Gasteiger partial charge in [-0.05, 0) is 32.0 Å². The summed E-state index contributed by atoms with van der Waals surface area (Å²) >= 11 is 12.1. The van der Waals surface area contributed by atoms with E-state index < -0.39 is 17.0 Å². The Kier molecular flexibility index (Phi) is 5.27. The minimum atomic E-state index is -1.37. The predicted molar refractivity (Wildman–Crippen MR) is 105 cm³/mol. The highest BCUT2D eigenvalue weighted by Gasteiger charge is 2.26. The van der Waals surface area contributed by atoms with E-state index in [4.69, 9.17) is 28.5 Å². The molecule has 0 bridgehead atoms. The lowest BCUT2D eigenvalue weighted by atomic mass is 10.0. The van der Waals surface area contributed by atoms with Crippen LogP contribution in [0.2, 0.25) is 10.0 Å². The van der Waals surface area contributed by atoms with Crippen molar-refractivity contribution in [1.29, 1.82) is 5.26 Å². The van der Waals surface area contributed by atoms with Crippen LogP contribution in [0.4, 0.5) is 0 Å². The van der Waals surface area contributed by atoms with Crippen molar-refractivity contribution in [2.75, 3.05) is 0 Å². The molecule has 0 spiro atoms. The van der Waals surface area contributed by atoms with Crippen molar-refractivity contribution >= 4 is 29.2 Å². The van der Waals surface area contributed by atoms with E-state index in [1.54, 1.807) is 23.6 Å². The van der Waals surface area contributed by atoms with Crippen LogP contribution in [0.5, 0.6) is 0 Å². The summed E-state index contributed by atoms with van der Waals surface area (Å²) in [5.74, 6) is -1.37. The standard InChI is InChI=1S/C19H14Cl2N4O3/c1-3-24-10(2)16(25-7-6-12(9-22)23-25)18(26)15(19(27)28)17(24)11-4-5-13(20)14(21)8-11/h4-8H,3H2,1-2H3,(H,27,28). The second-order valence-electron chi connectivity index (χ2n) is 5.92. The molecule has 0 radical (unpaired) electrons. The fraction of sp³-hybridized carbons (Fsp3) is 0.158. The Morgan fingerprint density at radius 3 is 2.54 bits per heavy atom. The van der Waals surface area contributed by atoms with Crippen molar-refractivity contribution in [2.45, 2.75) is 20.4 Å². The normalized spacial score (nSPS) is 10.7. The third-order valence-corrected chi connectivity index (χ3v) is 5.09. The maximum Gasteiger partial charge on any atom is 0.341 e. The summed E-state index contributed by atoms with van der Waals surface area (Å²) in [4.78, 5) is 25.2. The largest absolute Gasteiger partial charge is 0.477 e.